The van der Waals surface area contributed by atoms with Crippen molar-refractivity contribution in [1.29, 1.82) is 0 Å². The number of benzene rings is 3. The highest BCUT2D eigenvalue weighted by Crippen LogP contribution is 2.32. The first-order chi connectivity index (χ1) is 15.0. The average molecular weight is 436 g/mol. The first-order valence-corrected chi connectivity index (χ1v) is 10.7. The minimum atomic E-state index is -0.0543. The summed E-state index contributed by atoms with van der Waals surface area (Å²) < 4.78 is 6.03. The molecular weight excluding hydrogens is 410 g/mol. The van der Waals surface area contributed by atoms with E-state index in [9.17, 15) is 4.79 Å². The number of carbonyl (C=O) groups excluding carboxylic acids is 1. The molecule has 3 aromatic rings. The van der Waals surface area contributed by atoms with Crippen molar-refractivity contribution < 1.29 is 9.53 Å². The lowest BCUT2D eigenvalue weighted by Gasteiger charge is -2.29. The van der Waals surface area contributed by atoms with Gasteiger partial charge in [0, 0.05) is 17.3 Å². The first-order valence-electron chi connectivity index (χ1n) is 10.3. The summed E-state index contributed by atoms with van der Waals surface area (Å²) in [5.74, 6) is 0.760. The van der Waals surface area contributed by atoms with Crippen molar-refractivity contribution in [2.45, 2.75) is 12.5 Å². The van der Waals surface area contributed by atoms with Crippen LogP contribution in [0.1, 0.15) is 5.56 Å². The smallest absolute Gasteiger partial charge is 0.228 e. The van der Waals surface area contributed by atoms with E-state index >= 15 is 0 Å². The summed E-state index contributed by atoms with van der Waals surface area (Å²) in [4.78, 5) is 14.6. The molecule has 0 saturated heterocycles. The third-order valence-corrected chi connectivity index (χ3v) is 5.39. The Labute approximate surface area is 188 Å². The second-order valence-electron chi connectivity index (χ2n) is 8.02. The number of halogens is 1. The van der Waals surface area contributed by atoms with E-state index in [1.807, 2.05) is 80.8 Å². The molecule has 160 valence electrons. The number of likely N-dealkylation sites (N-methyl/N-ethyl adjacent to an activating group) is 1. The normalized spacial score (nSPS) is 15.0. The van der Waals surface area contributed by atoms with Crippen LogP contribution in [0, 0.1) is 0 Å². The van der Waals surface area contributed by atoms with Crippen molar-refractivity contribution in [3.8, 4) is 16.9 Å². The van der Waals surface area contributed by atoms with Crippen LogP contribution in [0.4, 0.5) is 11.4 Å². The van der Waals surface area contributed by atoms with Crippen molar-refractivity contribution in [2.24, 2.45) is 0 Å². The average Bonchev–Trinajstić information content (AvgIpc) is 2.74. The molecule has 0 spiro atoms. The van der Waals surface area contributed by atoms with Gasteiger partial charge in [-0.15, -0.1) is 0 Å². The standard InChI is InChI=1S/C25H26ClN3O2/c1-29(2)16-22-15-27-23-14-21(11-12-24(23)31-22)28-25(30)13-17-3-5-18(6-4-17)19-7-9-20(26)10-8-19/h3-12,14,22,27H,13,15-16H2,1-2H3,(H,28,30). The maximum atomic E-state index is 12.5. The highest BCUT2D eigenvalue weighted by Gasteiger charge is 2.20. The van der Waals surface area contributed by atoms with Gasteiger partial charge in [-0.1, -0.05) is 48.0 Å². The number of carbonyl (C=O) groups is 1. The number of anilines is 2. The molecule has 1 amide bonds. The summed E-state index contributed by atoms with van der Waals surface area (Å²) in [6.07, 6.45) is 0.422. The molecule has 1 heterocycles. The Morgan fingerprint density at radius 1 is 1.06 bits per heavy atom. The van der Waals surface area contributed by atoms with Crippen molar-refractivity contribution >= 4 is 28.9 Å². The quantitative estimate of drug-likeness (QED) is 0.576. The molecule has 0 saturated carbocycles. The molecule has 5 nitrogen and oxygen atoms in total. The first kappa shape index (κ1) is 21.2. The third-order valence-electron chi connectivity index (χ3n) is 5.14. The van der Waals surface area contributed by atoms with Gasteiger partial charge in [-0.2, -0.15) is 0 Å². The lowest BCUT2D eigenvalue weighted by molar-refractivity contribution is -0.115. The highest BCUT2D eigenvalue weighted by molar-refractivity contribution is 6.30. The van der Waals surface area contributed by atoms with Crippen molar-refractivity contribution in [3.05, 3.63) is 77.3 Å². The molecule has 1 unspecified atom stereocenters. The fourth-order valence-corrected chi connectivity index (χ4v) is 3.78. The molecule has 0 bridgehead atoms. The molecule has 0 aromatic heterocycles. The highest BCUT2D eigenvalue weighted by atomic mass is 35.5. The molecule has 2 N–H and O–H groups in total. The summed E-state index contributed by atoms with van der Waals surface area (Å²) in [7, 11) is 4.06. The molecule has 1 aliphatic heterocycles. The fraction of sp³-hybridized carbons (Fsp3) is 0.240. The number of hydrogen-bond donors (Lipinski definition) is 2. The fourth-order valence-electron chi connectivity index (χ4n) is 3.65. The van der Waals surface area contributed by atoms with Crippen LogP contribution in [-0.4, -0.2) is 44.1 Å². The lowest BCUT2D eigenvalue weighted by Crippen LogP contribution is -2.39. The predicted octanol–water partition coefficient (Wildman–Crippen LogP) is 4.92. The minimum absolute atomic E-state index is 0.0543. The van der Waals surface area contributed by atoms with E-state index in [-0.39, 0.29) is 12.0 Å². The van der Waals surface area contributed by atoms with Gasteiger partial charge in [0.15, 0.2) is 0 Å². The van der Waals surface area contributed by atoms with Gasteiger partial charge in [-0.3, -0.25) is 4.79 Å². The number of amides is 1. The van der Waals surface area contributed by atoms with Gasteiger partial charge >= 0.3 is 0 Å². The van der Waals surface area contributed by atoms with E-state index < -0.39 is 0 Å². The second kappa shape index (κ2) is 9.41. The van der Waals surface area contributed by atoms with E-state index in [1.165, 1.54) is 0 Å². The van der Waals surface area contributed by atoms with Gasteiger partial charge in [-0.25, -0.2) is 0 Å². The zero-order chi connectivity index (χ0) is 21.8. The molecule has 1 atom stereocenters. The summed E-state index contributed by atoms with van der Waals surface area (Å²) in [6, 6.07) is 21.4. The Balaban J connectivity index is 1.35. The van der Waals surface area contributed by atoms with Crippen LogP contribution in [0.15, 0.2) is 66.7 Å². The zero-order valence-corrected chi connectivity index (χ0v) is 18.4. The third kappa shape index (κ3) is 5.57. The number of fused-ring (bicyclic) bond motifs is 1. The maximum Gasteiger partial charge on any atom is 0.228 e. The van der Waals surface area contributed by atoms with Gasteiger partial charge < -0.3 is 20.3 Å². The molecule has 31 heavy (non-hydrogen) atoms. The predicted molar refractivity (Wildman–Crippen MR) is 127 cm³/mol. The van der Waals surface area contributed by atoms with Crippen LogP contribution < -0.4 is 15.4 Å². The molecule has 0 aliphatic carbocycles. The van der Waals surface area contributed by atoms with Crippen molar-refractivity contribution in [2.75, 3.05) is 37.8 Å². The summed E-state index contributed by atoms with van der Waals surface area (Å²) in [5.41, 5.74) is 4.80. The van der Waals surface area contributed by atoms with Crippen LogP contribution >= 0.6 is 11.6 Å². The maximum absolute atomic E-state index is 12.5. The van der Waals surface area contributed by atoms with E-state index in [0.29, 0.717) is 6.42 Å². The van der Waals surface area contributed by atoms with E-state index in [2.05, 4.69) is 15.5 Å². The van der Waals surface area contributed by atoms with Gasteiger partial charge in [0.2, 0.25) is 5.91 Å². The number of rotatable bonds is 6. The Bertz CT molecular complexity index is 1050. The van der Waals surface area contributed by atoms with Crippen LogP contribution in [0.5, 0.6) is 5.75 Å². The molecule has 4 rings (SSSR count). The molecule has 0 fully saturated rings. The molecule has 3 aromatic carbocycles. The summed E-state index contributed by atoms with van der Waals surface area (Å²) in [5, 5.41) is 7.09. The Hall–Kier alpha value is -3.02. The van der Waals surface area contributed by atoms with Crippen molar-refractivity contribution in [3.63, 3.8) is 0 Å². The van der Waals surface area contributed by atoms with Gasteiger partial charge in [-0.05, 0) is 61.1 Å². The molecule has 1 aliphatic rings. The van der Waals surface area contributed by atoms with E-state index in [1.54, 1.807) is 0 Å². The van der Waals surface area contributed by atoms with Crippen LogP contribution in [-0.2, 0) is 11.2 Å². The molecular formula is C25H26ClN3O2. The SMILES string of the molecule is CN(C)CC1CNc2cc(NC(=O)Cc3ccc(-c4ccc(Cl)cc4)cc3)ccc2O1. The van der Waals surface area contributed by atoms with Gasteiger partial charge in [0.05, 0.1) is 18.7 Å². The van der Waals surface area contributed by atoms with Gasteiger partial charge in [0.1, 0.15) is 11.9 Å². The summed E-state index contributed by atoms with van der Waals surface area (Å²) >= 11 is 5.95. The number of hydrogen-bond acceptors (Lipinski definition) is 4. The second-order valence-corrected chi connectivity index (χ2v) is 8.46. The molecule has 0 radical (unpaired) electrons. The lowest BCUT2D eigenvalue weighted by atomic mass is 10.0. The Morgan fingerprint density at radius 3 is 2.42 bits per heavy atom. The topological polar surface area (TPSA) is 53.6 Å². The number of nitrogens with one attached hydrogen (secondary N) is 2. The zero-order valence-electron chi connectivity index (χ0n) is 17.7. The molecule has 6 heteroatoms. The van der Waals surface area contributed by atoms with Crippen LogP contribution in [0.2, 0.25) is 5.02 Å². The van der Waals surface area contributed by atoms with E-state index in [0.717, 1.165) is 51.9 Å². The monoisotopic (exact) mass is 435 g/mol. The van der Waals surface area contributed by atoms with Crippen LogP contribution in [0.3, 0.4) is 0 Å². The van der Waals surface area contributed by atoms with E-state index in [4.69, 9.17) is 16.3 Å². The minimum Gasteiger partial charge on any atom is -0.485 e. The number of ether oxygens (including phenoxy) is 1. The Morgan fingerprint density at radius 2 is 1.74 bits per heavy atom. The van der Waals surface area contributed by atoms with Crippen molar-refractivity contribution in [1.82, 2.24) is 4.90 Å². The Kier molecular flexibility index (Phi) is 6.44. The number of nitrogens with zero attached hydrogens (tertiary/aromatic N) is 1. The van der Waals surface area contributed by atoms with Crippen LogP contribution in [0.25, 0.3) is 11.1 Å². The van der Waals surface area contributed by atoms with Gasteiger partial charge in [0.25, 0.3) is 0 Å². The summed E-state index contributed by atoms with van der Waals surface area (Å²) in [6.45, 7) is 1.59. The largest absolute Gasteiger partial charge is 0.485 e.